The summed E-state index contributed by atoms with van der Waals surface area (Å²) < 4.78 is 5.53. The SMILES string of the molecule is CSC(Br)Oc1cc(Cc2ncccn2)c(N)cc1N. The third-order valence-corrected chi connectivity index (χ3v) is 4.42. The van der Waals surface area contributed by atoms with Crippen molar-refractivity contribution in [3.05, 3.63) is 42.0 Å². The summed E-state index contributed by atoms with van der Waals surface area (Å²) in [6.07, 6.45) is 5.88. The van der Waals surface area contributed by atoms with E-state index in [4.69, 9.17) is 16.2 Å². The molecule has 0 fully saturated rings. The van der Waals surface area contributed by atoms with Gasteiger partial charge in [0, 0.05) is 24.5 Å². The van der Waals surface area contributed by atoms with Crippen LogP contribution in [0.3, 0.4) is 0 Å². The number of rotatable bonds is 5. The van der Waals surface area contributed by atoms with E-state index in [1.807, 2.05) is 12.3 Å². The third-order valence-electron chi connectivity index (χ3n) is 2.64. The Morgan fingerprint density at radius 3 is 2.60 bits per heavy atom. The van der Waals surface area contributed by atoms with Gasteiger partial charge < -0.3 is 16.2 Å². The van der Waals surface area contributed by atoms with Gasteiger partial charge in [0.25, 0.3) is 0 Å². The quantitative estimate of drug-likeness (QED) is 0.487. The molecule has 2 rings (SSSR count). The fourth-order valence-corrected chi connectivity index (χ4v) is 2.05. The molecule has 0 saturated heterocycles. The lowest BCUT2D eigenvalue weighted by molar-refractivity contribution is 0.373. The second-order valence-electron chi connectivity index (χ2n) is 4.06. The summed E-state index contributed by atoms with van der Waals surface area (Å²) >= 11 is 4.91. The maximum atomic E-state index is 5.99. The number of nitrogen functional groups attached to an aromatic ring is 2. The number of hydrogen-bond donors (Lipinski definition) is 2. The summed E-state index contributed by atoms with van der Waals surface area (Å²) in [7, 11) is 0. The molecule has 0 aliphatic rings. The Bertz CT molecular complexity index is 582. The number of benzene rings is 1. The molecule has 1 aromatic heterocycles. The second-order valence-corrected chi connectivity index (χ2v) is 6.40. The van der Waals surface area contributed by atoms with Crippen LogP contribution >= 0.6 is 27.7 Å². The number of halogens is 1. The molecule has 5 nitrogen and oxygen atoms in total. The number of hydrogen-bond acceptors (Lipinski definition) is 6. The van der Waals surface area contributed by atoms with E-state index in [1.165, 1.54) is 11.8 Å². The van der Waals surface area contributed by atoms with Crippen LogP contribution in [0.1, 0.15) is 11.4 Å². The van der Waals surface area contributed by atoms with Gasteiger partial charge in [-0.15, -0.1) is 11.8 Å². The van der Waals surface area contributed by atoms with Gasteiger partial charge in [-0.25, -0.2) is 9.97 Å². The number of aromatic nitrogens is 2. The highest BCUT2D eigenvalue weighted by molar-refractivity contribution is 9.11. The van der Waals surface area contributed by atoms with Crippen LogP contribution < -0.4 is 16.2 Å². The van der Waals surface area contributed by atoms with Crippen molar-refractivity contribution < 1.29 is 4.74 Å². The summed E-state index contributed by atoms with van der Waals surface area (Å²) in [6.45, 7) is 0. The molecular weight excluding hydrogens is 340 g/mol. The minimum absolute atomic E-state index is 0.158. The Morgan fingerprint density at radius 1 is 1.25 bits per heavy atom. The molecule has 1 atom stereocenters. The van der Waals surface area contributed by atoms with E-state index in [0.717, 1.165) is 5.56 Å². The smallest absolute Gasteiger partial charge is 0.199 e. The first-order valence-electron chi connectivity index (χ1n) is 5.87. The van der Waals surface area contributed by atoms with E-state index < -0.39 is 0 Å². The second kappa shape index (κ2) is 6.81. The molecule has 0 spiro atoms. The Hall–Kier alpha value is -1.47. The first-order chi connectivity index (χ1) is 9.60. The van der Waals surface area contributed by atoms with Crippen molar-refractivity contribution >= 4 is 39.1 Å². The van der Waals surface area contributed by atoms with Crippen molar-refractivity contribution in [2.24, 2.45) is 0 Å². The van der Waals surface area contributed by atoms with E-state index in [-0.39, 0.29) is 4.35 Å². The Labute approximate surface area is 130 Å². The summed E-state index contributed by atoms with van der Waals surface area (Å²) in [5.41, 5.74) is 13.9. The molecule has 1 unspecified atom stereocenters. The molecule has 0 aliphatic carbocycles. The molecule has 0 amide bonds. The number of nitrogens with two attached hydrogens (primary N) is 2. The van der Waals surface area contributed by atoms with Gasteiger partial charge in [-0.1, -0.05) is 0 Å². The van der Waals surface area contributed by atoms with Crippen molar-refractivity contribution in [2.45, 2.75) is 10.8 Å². The van der Waals surface area contributed by atoms with Gasteiger partial charge >= 0.3 is 0 Å². The zero-order valence-corrected chi connectivity index (χ0v) is 13.3. The number of alkyl halides is 1. The zero-order valence-electron chi connectivity index (χ0n) is 10.9. The lowest BCUT2D eigenvalue weighted by Gasteiger charge is -2.15. The lowest BCUT2D eigenvalue weighted by atomic mass is 10.1. The van der Waals surface area contributed by atoms with Gasteiger partial charge in [0.15, 0.2) is 4.35 Å². The predicted octanol–water partition coefficient (Wildman–Crippen LogP) is 2.65. The molecule has 4 N–H and O–H groups in total. The van der Waals surface area contributed by atoms with Crippen LogP contribution in [0.4, 0.5) is 11.4 Å². The maximum Gasteiger partial charge on any atom is 0.199 e. The fraction of sp³-hybridized carbons (Fsp3) is 0.231. The molecule has 0 bridgehead atoms. The monoisotopic (exact) mass is 354 g/mol. The molecule has 106 valence electrons. The molecule has 0 radical (unpaired) electrons. The van der Waals surface area contributed by atoms with E-state index in [1.54, 1.807) is 24.5 Å². The average Bonchev–Trinajstić information content (AvgIpc) is 2.45. The predicted molar refractivity (Wildman–Crippen MR) is 87.0 cm³/mol. The van der Waals surface area contributed by atoms with Crippen LogP contribution in [0.15, 0.2) is 30.6 Å². The first-order valence-corrected chi connectivity index (χ1v) is 8.08. The highest BCUT2D eigenvalue weighted by Gasteiger charge is 2.11. The minimum atomic E-state index is -0.158. The number of nitrogens with zero attached hydrogens (tertiary/aromatic N) is 2. The number of ether oxygens (including phenoxy) is 1. The Morgan fingerprint density at radius 2 is 1.95 bits per heavy atom. The number of thioether (sulfide) groups is 1. The van der Waals surface area contributed by atoms with Crippen molar-refractivity contribution in [1.82, 2.24) is 9.97 Å². The van der Waals surface area contributed by atoms with E-state index >= 15 is 0 Å². The summed E-state index contributed by atoms with van der Waals surface area (Å²) in [6, 6.07) is 5.32. The van der Waals surface area contributed by atoms with Crippen LogP contribution in [0.25, 0.3) is 0 Å². The molecule has 0 aliphatic heterocycles. The first kappa shape index (κ1) is 14.9. The van der Waals surface area contributed by atoms with Gasteiger partial charge in [0.1, 0.15) is 11.6 Å². The zero-order chi connectivity index (χ0) is 14.5. The maximum absolute atomic E-state index is 5.99. The normalized spacial score (nSPS) is 12.1. The van der Waals surface area contributed by atoms with Crippen LogP contribution in [0, 0.1) is 0 Å². The highest BCUT2D eigenvalue weighted by atomic mass is 79.9. The van der Waals surface area contributed by atoms with Gasteiger partial charge in [0.05, 0.1) is 5.69 Å². The summed E-state index contributed by atoms with van der Waals surface area (Å²) in [4.78, 5) is 8.38. The molecule has 1 heterocycles. The minimum Gasteiger partial charge on any atom is -0.467 e. The Balaban J connectivity index is 2.26. The molecule has 7 heteroatoms. The van der Waals surface area contributed by atoms with Gasteiger partial charge in [0.2, 0.25) is 0 Å². The average molecular weight is 355 g/mol. The van der Waals surface area contributed by atoms with Crippen LogP contribution in [0.5, 0.6) is 5.75 Å². The van der Waals surface area contributed by atoms with Gasteiger partial charge in [-0.05, 0) is 45.9 Å². The van der Waals surface area contributed by atoms with Crippen molar-refractivity contribution in [3.8, 4) is 5.75 Å². The molecule has 0 saturated carbocycles. The van der Waals surface area contributed by atoms with Crippen molar-refractivity contribution in [3.63, 3.8) is 0 Å². The highest BCUT2D eigenvalue weighted by Crippen LogP contribution is 2.31. The largest absolute Gasteiger partial charge is 0.467 e. The fourth-order valence-electron chi connectivity index (χ4n) is 1.65. The van der Waals surface area contributed by atoms with E-state index in [2.05, 4.69) is 25.9 Å². The van der Waals surface area contributed by atoms with E-state index in [0.29, 0.717) is 29.4 Å². The van der Waals surface area contributed by atoms with Gasteiger partial charge in [-0.3, -0.25) is 0 Å². The topological polar surface area (TPSA) is 87.0 Å². The Kier molecular flexibility index (Phi) is 5.08. The molecule has 1 aromatic carbocycles. The molecule has 20 heavy (non-hydrogen) atoms. The van der Waals surface area contributed by atoms with Crippen LogP contribution in [-0.2, 0) is 6.42 Å². The number of anilines is 2. The van der Waals surface area contributed by atoms with Crippen molar-refractivity contribution in [1.29, 1.82) is 0 Å². The summed E-state index contributed by atoms with van der Waals surface area (Å²) in [5, 5.41) is 0. The van der Waals surface area contributed by atoms with Gasteiger partial charge in [-0.2, -0.15) is 0 Å². The summed E-state index contributed by atoms with van der Waals surface area (Å²) in [5.74, 6) is 1.30. The standard InChI is InChI=1S/C13H15BrN4OS/c1-20-13(14)19-11-5-8(9(15)7-10(11)16)6-12-17-3-2-4-18-12/h2-5,7,13H,6,15-16H2,1H3. The van der Waals surface area contributed by atoms with Crippen LogP contribution in [-0.4, -0.2) is 20.6 Å². The van der Waals surface area contributed by atoms with Crippen LogP contribution in [0.2, 0.25) is 0 Å². The van der Waals surface area contributed by atoms with E-state index in [9.17, 15) is 0 Å². The molecular formula is C13H15BrN4OS. The molecule has 2 aromatic rings. The lowest BCUT2D eigenvalue weighted by Crippen LogP contribution is -2.07. The third kappa shape index (κ3) is 3.77. The van der Waals surface area contributed by atoms with Crippen molar-refractivity contribution in [2.75, 3.05) is 17.7 Å².